The molecule has 4 rings (SSSR count). The van der Waals surface area contributed by atoms with Crippen molar-refractivity contribution in [2.24, 2.45) is 5.92 Å². The highest BCUT2D eigenvalue weighted by Crippen LogP contribution is 2.55. The third-order valence-electron chi connectivity index (χ3n) is 5.62. The summed E-state index contributed by atoms with van der Waals surface area (Å²) in [7, 11) is 0. The molecule has 0 aliphatic carbocycles. The lowest BCUT2D eigenvalue weighted by Gasteiger charge is -2.53. The van der Waals surface area contributed by atoms with Crippen LogP contribution >= 0.6 is 11.8 Å². The van der Waals surface area contributed by atoms with Gasteiger partial charge in [0.1, 0.15) is 25.0 Å². The molecule has 10 nitrogen and oxygen atoms in total. The molecule has 1 spiro atoms. The number of hydrogen-bond donors (Lipinski definition) is 1. The first-order valence-corrected chi connectivity index (χ1v) is 10.8. The molecule has 1 aromatic rings. The van der Waals surface area contributed by atoms with Crippen LogP contribution in [0.2, 0.25) is 0 Å². The smallest absolute Gasteiger partial charge is 0.419 e. The number of carboxylic acids is 1. The number of rotatable bonds is 6. The summed E-state index contributed by atoms with van der Waals surface area (Å²) in [6.07, 6.45) is -0.830. The van der Waals surface area contributed by atoms with E-state index in [0.29, 0.717) is 21.1 Å². The van der Waals surface area contributed by atoms with E-state index in [1.54, 1.807) is 37.3 Å². The quantitative estimate of drug-likeness (QED) is 0.499. The molecule has 3 heterocycles. The SMILES string of the molecule is C[C@@H]1C(SCCC#N)=C(C(=O)O)N2C(=O)[C@]3(OCC(=O)N3C(=O)OCc3ccccc3)[C@@H]12. The Morgan fingerprint density at radius 3 is 2.72 bits per heavy atom. The van der Waals surface area contributed by atoms with Gasteiger partial charge in [0.15, 0.2) is 0 Å². The van der Waals surface area contributed by atoms with Crippen LogP contribution in [-0.2, 0) is 30.5 Å². The number of imide groups is 1. The molecule has 1 N–H and O–H groups in total. The molecule has 0 saturated carbocycles. The number of aliphatic carboxylic acids is 1. The number of amides is 3. The zero-order valence-corrected chi connectivity index (χ0v) is 17.8. The average Bonchev–Trinajstić information content (AvgIpc) is 3.27. The zero-order valence-electron chi connectivity index (χ0n) is 17.0. The Morgan fingerprint density at radius 2 is 2.06 bits per heavy atom. The molecule has 2 fully saturated rings. The van der Waals surface area contributed by atoms with Crippen LogP contribution in [-0.4, -0.2) is 62.9 Å². The Hall–Kier alpha value is -3.36. The molecule has 0 bridgehead atoms. The van der Waals surface area contributed by atoms with E-state index in [1.807, 2.05) is 6.07 Å². The fourth-order valence-electron chi connectivity index (χ4n) is 4.31. The number of nitrogens with zero attached hydrogens (tertiary/aromatic N) is 3. The average molecular weight is 457 g/mol. The summed E-state index contributed by atoms with van der Waals surface area (Å²) < 4.78 is 10.8. The molecule has 3 aliphatic heterocycles. The summed E-state index contributed by atoms with van der Waals surface area (Å²) in [6, 6.07) is 9.94. The van der Waals surface area contributed by atoms with Crippen molar-refractivity contribution >= 4 is 35.6 Å². The lowest BCUT2D eigenvalue weighted by molar-refractivity contribution is -0.214. The number of carboxylic acid groups (broad SMARTS) is 1. The van der Waals surface area contributed by atoms with Gasteiger partial charge in [-0.1, -0.05) is 37.3 Å². The maximum absolute atomic E-state index is 13.2. The van der Waals surface area contributed by atoms with E-state index in [2.05, 4.69) is 0 Å². The van der Waals surface area contributed by atoms with Crippen molar-refractivity contribution in [2.75, 3.05) is 12.4 Å². The molecule has 3 amide bonds. The molecule has 3 atom stereocenters. The molecule has 0 aromatic heterocycles. The third kappa shape index (κ3) is 3.14. The van der Waals surface area contributed by atoms with Crippen molar-refractivity contribution in [1.29, 1.82) is 5.26 Å². The van der Waals surface area contributed by atoms with Crippen LogP contribution in [0.5, 0.6) is 0 Å². The first kappa shape index (κ1) is 21.9. The Bertz CT molecular complexity index is 1070. The van der Waals surface area contributed by atoms with Crippen LogP contribution in [0.25, 0.3) is 0 Å². The molecule has 0 radical (unpaired) electrons. The van der Waals surface area contributed by atoms with Gasteiger partial charge in [0.2, 0.25) is 0 Å². The summed E-state index contributed by atoms with van der Waals surface area (Å²) in [6.45, 7) is 1.10. The van der Waals surface area contributed by atoms with Gasteiger partial charge in [-0.3, -0.25) is 14.5 Å². The van der Waals surface area contributed by atoms with E-state index in [0.717, 1.165) is 4.90 Å². The van der Waals surface area contributed by atoms with E-state index >= 15 is 0 Å². The van der Waals surface area contributed by atoms with Crippen molar-refractivity contribution in [3.63, 3.8) is 0 Å². The fourth-order valence-corrected chi connectivity index (χ4v) is 5.44. The van der Waals surface area contributed by atoms with Gasteiger partial charge in [0.25, 0.3) is 17.5 Å². The number of hydrogen-bond acceptors (Lipinski definition) is 8. The molecule has 32 heavy (non-hydrogen) atoms. The summed E-state index contributed by atoms with van der Waals surface area (Å²) >= 11 is 1.17. The van der Waals surface area contributed by atoms with Crippen molar-refractivity contribution in [3.8, 4) is 6.07 Å². The van der Waals surface area contributed by atoms with Crippen LogP contribution in [0.15, 0.2) is 40.9 Å². The highest BCUT2D eigenvalue weighted by molar-refractivity contribution is 8.03. The van der Waals surface area contributed by atoms with Gasteiger partial charge in [-0.25, -0.2) is 14.5 Å². The van der Waals surface area contributed by atoms with Gasteiger partial charge in [-0.15, -0.1) is 11.8 Å². The Labute approximate surface area is 187 Å². The van der Waals surface area contributed by atoms with Gasteiger partial charge in [-0.2, -0.15) is 5.26 Å². The molecule has 166 valence electrons. The maximum Gasteiger partial charge on any atom is 0.419 e. The van der Waals surface area contributed by atoms with Gasteiger partial charge < -0.3 is 14.6 Å². The Kier molecular flexibility index (Phi) is 5.66. The molecule has 1 aromatic carbocycles. The highest BCUT2D eigenvalue weighted by atomic mass is 32.2. The van der Waals surface area contributed by atoms with Gasteiger partial charge in [0, 0.05) is 23.0 Å². The molecular formula is C21H19N3O7S. The van der Waals surface area contributed by atoms with E-state index in [9.17, 15) is 24.3 Å². The molecule has 2 saturated heterocycles. The molecule has 0 unspecified atom stereocenters. The number of fused-ring (bicyclic) bond motifs is 2. The Morgan fingerprint density at radius 1 is 1.34 bits per heavy atom. The van der Waals surface area contributed by atoms with E-state index in [4.69, 9.17) is 14.7 Å². The Balaban J connectivity index is 1.60. The predicted molar refractivity (Wildman–Crippen MR) is 109 cm³/mol. The lowest BCUT2D eigenvalue weighted by atomic mass is 9.83. The van der Waals surface area contributed by atoms with Crippen LogP contribution in [0.3, 0.4) is 0 Å². The van der Waals surface area contributed by atoms with E-state index < -0.39 is 48.2 Å². The summed E-state index contributed by atoms with van der Waals surface area (Å²) in [4.78, 5) is 52.6. The summed E-state index contributed by atoms with van der Waals surface area (Å²) in [5.41, 5.74) is -1.45. The number of β-lactam (4-membered cyclic amide) rings is 1. The molecule has 11 heteroatoms. The van der Waals surface area contributed by atoms with Crippen molar-refractivity contribution in [1.82, 2.24) is 9.80 Å². The first-order valence-electron chi connectivity index (χ1n) is 9.83. The highest BCUT2D eigenvalue weighted by Gasteiger charge is 2.76. The van der Waals surface area contributed by atoms with Crippen LogP contribution in [0, 0.1) is 17.2 Å². The minimum atomic E-state index is -1.94. The number of nitriles is 1. The van der Waals surface area contributed by atoms with Crippen LogP contribution in [0.4, 0.5) is 4.79 Å². The van der Waals surface area contributed by atoms with Crippen molar-refractivity contribution < 1.29 is 33.8 Å². The number of benzene rings is 1. The van der Waals surface area contributed by atoms with Crippen molar-refractivity contribution in [3.05, 3.63) is 46.5 Å². The summed E-state index contributed by atoms with van der Waals surface area (Å²) in [5, 5.41) is 18.5. The predicted octanol–water partition coefficient (Wildman–Crippen LogP) is 1.68. The largest absolute Gasteiger partial charge is 0.477 e. The second kappa shape index (κ2) is 8.29. The molecular weight excluding hydrogens is 438 g/mol. The fraction of sp³-hybridized carbons (Fsp3) is 0.381. The third-order valence-corrected chi connectivity index (χ3v) is 6.91. The van der Waals surface area contributed by atoms with Crippen LogP contribution < -0.4 is 0 Å². The van der Waals surface area contributed by atoms with E-state index in [1.165, 1.54) is 11.8 Å². The summed E-state index contributed by atoms with van der Waals surface area (Å²) in [5.74, 6) is -3.02. The number of ether oxygens (including phenoxy) is 2. The topological polar surface area (TPSA) is 137 Å². The second-order valence-electron chi connectivity index (χ2n) is 7.44. The first-order chi connectivity index (χ1) is 15.3. The van der Waals surface area contributed by atoms with Crippen LogP contribution in [0.1, 0.15) is 18.9 Å². The number of carbonyl (C=O) groups excluding carboxylic acids is 3. The van der Waals surface area contributed by atoms with Gasteiger partial charge >= 0.3 is 12.1 Å². The second-order valence-corrected chi connectivity index (χ2v) is 8.57. The standard InChI is InChI=1S/C21H19N3O7S/c1-12-16(32-9-5-8-22)15(18(26)27)23-17(12)21(19(23)28)24(14(25)11-31-21)20(29)30-10-13-6-3-2-4-7-13/h2-4,6-7,12,17H,5,9-11H2,1H3,(H,26,27)/t12-,17-,21-/m1/s1. The normalized spacial score (nSPS) is 26.2. The lowest BCUT2D eigenvalue weighted by Crippen LogP contribution is -2.79. The maximum atomic E-state index is 13.2. The monoisotopic (exact) mass is 457 g/mol. The van der Waals surface area contributed by atoms with Gasteiger partial charge in [-0.05, 0) is 5.56 Å². The molecule has 3 aliphatic rings. The minimum absolute atomic E-state index is 0.106. The minimum Gasteiger partial charge on any atom is -0.477 e. The van der Waals surface area contributed by atoms with Gasteiger partial charge in [0.05, 0.1) is 6.07 Å². The number of carbonyl (C=O) groups is 4. The van der Waals surface area contributed by atoms with E-state index in [-0.39, 0.29) is 18.7 Å². The number of thioether (sulfide) groups is 1. The zero-order chi connectivity index (χ0) is 23.0. The van der Waals surface area contributed by atoms with Crippen molar-refractivity contribution in [2.45, 2.75) is 31.7 Å².